The zero-order chi connectivity index (χ0) is 21.1. The Kier molecular flexibility index (Phi) is 5.92. The third-order valence-electron chi connectivity index (χ3n) is 4.86. The van der Waals surface area contributed by atoms with E-state index in [1.54, 1.807) is 30.5 Å². The van der Waals surface area contributed by atoms with Gasteiger partial charge in [-0.3, -0.25) is 25.0 Å². The van der Waals surface area contributed by atoms with E-state index >= 15 is 0 Å². The second kappa shape index (κ2) is 8.77. The van der Waals surface area contributed by atoms with Gasteiger partial charge in [0.05, 0.1) is 5.92 Å². The molecule has 0 saturated carbocycles. The average Bonchev–Trinajstić information content (AvgIpc) is 3.29. The number of thiazole rings is 1. The van der Waals surface area contributed by atoms with E-state index in [1.165, 1.54) is 11.3 Å². The van der Waals surface area contributed by atoms with Crippen LogP contribution < -0.4 is 10.6 Å². The number of halogens is 1. The summed E-state index contributed by atoms with van der Waals surface area (Å²) in [6.45, 7) is 0. The Morgan fingerprint density at radius 3 is 2.63 bits per heavy atom. The zero-order valence-electron chi connectivity index (χ0n) is 15.9. The Labute approximate surface area is 182 Å². The van der Waals surface area contributed by atoms with Gasteiger partial charge in [-0.1, -0.05) is 41.9 Å². The molecule has 3 amide bonds. The fourth-order valence-electron chi connectivity index (χ4n) is 3.29. The zero-order valence-corrected chi connectivity index (χ0v) is 17.4. The fourth-order valence-corrected chi connectivity index (χ4v) is 4.33. The van der Waals surface area contributed by atoms with Gasteiger partial charge in [0, 0.05) is 34.5 Å². The first-order chi connectivity index (χ1) is 14.5. The lowest BCUT2D eigenvalue weighted by molar-refractivity contribution is -0.125. The number of anilines is 1. The van der Waals surface area contributed by atoms with Gasteiger partial charge < -0.3 is 0 Å². The minimum absolute atomic E-state index is 0.210. The summed E-state index contributed by atoms with van der Waals surface area (Å²) in [4.78, 5) is 40.8. The Bertz CT molecular complexity index is 1110. The lowest BCUT2D eigenvalue weighted by Crippen LogP contribution is -2.22. The molecule has 2 heterocycles. The number of hydrogen-bond donors (Lipinski definition) is 2. The van der Waals surface area contributed by atoms with Crippen molar-refractivity contribution in [3.63, 3.8) is 0 Å². The molecule has 2 N–H and O–H groups in total. The van der Waals surface area contributed by atoms with Crippen LogP contribution in [0.15, 0.2) is 54.7 Å². The van der Waals surface area contributed by atoms with Crippen molar-refractivity contribution >= 4 is 45.8 Å². The molecular formula is C22H18ClN3O3S. The summed E-state index contributed by atoms with van der Waals surface area (Å²) in [7, 11) is 0. The smallest absolute Gasteiger partial charge is 0.257 e. The molecule has 0 bridgehead atoms. The summed E-state index contributed by atoms with van der Waals surface area (Å²) in [5.41, 5.74) is 2.40. The van der Waals surface area contributed by atoms with Crippen molar-refractivity contribution in [2.75, 3.05) is 5.32 Å². The molecule has 3 aromatic rings. The van der Waals surface area contributed by atoms with Crippen molar-refractivity contribution in [1.29, 1.82) is 0 Å². The molecule has 1 aromatic heterocycles. The topological polar surface area (TPSA) is 88.2 Å². The van der Waals surface area contributed by atoms with Gasteiger partial charge in [0.25, 0.3) is 5.91 Å². The molecule has 0 spiro atoms. The highest BCUT2D eigenvalue weighted by molar-refractivity contribution is 7.15. The molecule has 1 unspecified atom stereocenters. The van der Waals surface area contributed by atoms with Crippen molar-refractivity contribution in [3.8, 4) is 0 Å². The maximum Gasteiger partial charge on any atom is 0.257 e. The monoisotopic (exact) mass is 439 g/mol. The van der Waals surface area contributed by atoms with Gasteiger partial charge in [0.1, 0.15) is 0 Å². The van der Waals surface area contributed by atoms with E-state index in [-0.39, 0.29) is 30.1 Å². The predicted octanol–water partition coefficient (Wildman–Crippen LogP) is 3.84. The molecular weight excluding hydrogens is 422 g/mol. The molecule has 1 fully saturated rings. The fraction of sp³-hybridized carbons (Fsp3) is 0.182. The molecule has 152 valence electrons. The van der Waals surface area contributed by atoms with Crippen LogP contribution in [0.2, 0.25) is 5.02 Å². The SMILES string of the molecule is O=C1CC(Cc2ccc(C(=O)Nc3ncc(Cc4ccccc4Cl)s3)cc2)C(=O)N1. The lowest BCUT2D eigenvalue weighted by atomic mass is 9.97. The minimum atomic E-state index is -0.343. The van der Waals surface area contributed by atoms with Crippen molar-refractivity contribution in [3.05, 3.63) is 81.3 Å². The van der Waals surface area contributed by atoms with Crippen LogP contribution in [0.1, 0.15) is 32.8 Å². The van der Waals surface area contributed by atoms with E-state index in [4.69, 9.17) is 11.6 Å². The molecule has 1 aliphatic heterocycles. The first-order valence-corrected chi connectivity index (χ1v) is 10.6. The van der Waals surface area contributed by atoms with Crippen LogP contribution in [0.5, 0.6) is 0 Å². The maximum absolute atomic E-state index is 12.5. The van der Waals surface area contributed by atoms with E-state index in [1.807, 2.05) is 24.3 Å². The number of nitrogens with zero attached hydrogens (tertiary/aromatic N) is 1. The summed E-state index contributed by atoms with van der Waals surface area (Å²) < 4.78 is 0. The van der Waals surface area contributed by atoms with Crippen LogP contribution in [0.3, 0.4) is 0 Å². The van der Waals surface area contributed by atoms with Gasteiger partial charge in [-0.25, -0.2) is 4.98 Å². The normalized spacial score (nSPS) is 15.8. The number of carbonyl (C=O) groups is 3. The van der Waals surface area contributed by atoms with Gasteiger partial charge >= 0.3 is 0 Å². The highest BCUT2D eigenvalue weighted by Gasteiger charge is 2.30. The standard InChI is InChI=1S/C22H18ClN3O3S/c23-18-4-2-1-3-15(18)10-17-12-24-22(30-17)26-20(28)14-7-5-13(6-8-14)9-16-11-19(27)25-21(16)29/h1-8,12,16H,9-11H2,(H,24,26,28)(H,25,27,29). The van der Waals surface area contributed by atoms with Gasteiger partial charge in [-0.15, -0.1) is 11.3 Å². The molecule has 1 saturated heterocycles. The lowest BCUT2D eigenvalue weighted by Gasteiger charge is -2.07. The van der Waals surface area contributed by atoms with E-state index in [9.17, 15) is 14.4 Å². The highest BCUT2D eigenvalue weighted by atomic mass is 35.5. The van der Waals surface area contributed by atoms with E-state index in [0.717, 1.165) is 16.0 Å². The number of rotatable bonds is 6. The van der Waals surface area contributed by atoms with Crippen molar-refractivity contribution in [2.45, 2.75) is 19.3 Å². The van der Waals surface area contributed by atoms with Crippen LogP contribution in [-0.2, 0) is 22.4 Å². The third kappa shape index (κ3) is 4.75. The van der Waals surface area contributed by atoms with E-state index < -0.39 is 0 Å². The van der Waals surface area contributed by atoms with Crippen molar-refractivity contribution in [2.24, 2.45) is 5.92 Å². The molecule has 1 aliphatic rings. The summed E-state index contributed by atoms with van der Waals surface area (Å²) in [5, 5.41) is 6.35. The largest absolute Gasteiger partial charge is 0.298 e. The third-order valence-corrected chi connectivity index (χ3v) is 6.14. The number of aromatic nitrogens is 1. The Morgan fingerprint density at radius 1 is 1.17 bits per heavy atom. The molecule has 4 rings (SSSR count). The van der Waals surface area contributed by atoms with E-state index in [0.29, 0.717) is 28.6 Å². The van der Waals surface area contributed by atoms with Crippen LogP contribution in [0.4, 0.5) is 5.13 Å². The molecule has 0 radical (unpaired) electrons. The summed E-state index contributed by atoms with van der Waals surface area (Å²) >= 11 is 7.61. The number of amides is 3. The van der Waals surface area contributed by atoms with E-state index in [2.05, 4.69) is 15.6 Å². The highest BCUT2D eigenvalue weighted by Crippen LogP contribution is 2.25. The van der Waals surface area contributed by atoms with Crippen LogP contribution in [-0.4, -0.2) is 22.7 Å². The van der Waals surface area contributed by atoms with Crippen LogP contribution >= 0.6 is 22.9 Å². The molecule has 0 aliphatic carbocycles. The first kappa shape index (κ1) is 20.3. The summed E-state index contributed by atoms with van der Waals surface area (Å²) in [6.07, 6.45) is 3.07. The number of imide groups is 1. The van der Waals surface area contributed by atoms with Crippen molar-refractivity contribution < 1.29 is 14.4 Å². The van der Waals surface area contributed by atoms with Crippen LogP contribution in [0, 0.1) is 5.92 Å². The average molecular weight is 440 g/mol. The van der Waals surface area contributed by atoms with Gasteiger partial charge in [-0.05, 0) is 35.7 Å². The van der Waals surface area contributed by atoms with Crippen molar-refractivity contribution in [1.82, 2.24) is 10.3 Å². The number of carbonyl (C=O) groups excluding carboxylic acids is 3. The summed E-state index contributed by atoms with van der Waals surface area (Å²) in [5.74, 6) is -1.07. The molecule has 8 heteroatoms. The number of nitrogens with one attached hydrogen (secondary N) is 2. The summed E-state index contributed by atoms with van der Waals surface area (Å²) in [6, 6.07) is 14.7. The minimum Gasteiger partial charge on any atom is -0.298 e. The Balaban J connectivity index is 1.36. The maximum atomic E-state index is 12.5. The predicted molar refractivity (Wildman–Crippen MR) is 116 cm³/mol. The molecule has 1 atom stereocenters. The number of hydrogen-bond acceptors (Lipinski definition) is 5. The van der Waals surface area contributed by atoms with Gasteiger partial charge in [-0.2, -0.15) is 0 Å². The van der Waals surface area contributed by atoms with Gasteiger partial charge in [0.15, 0.2) is 5.13 Å². The quantitative estimate of drug-likeness (QED) is 0.571. The first-order valence-electron chi connectivity index (χ1n) is 9.40. The second-order valence-corrected chi connectivity index (χ2v) is 8.59. The molecule has 30 heavy (non-hydrogen) atoms. The van der Waals surface area contributed by atoms with Gasteiger partial charge in [0.2, 0.25) is 11.8 Å². The molecule has 6 nitrogen and oxygen atoms in total. The Morgan fingerprint density at radius 2 is 1.93 bits per heavy atom. The van der Waals surface area contributed by atoms with Crippen LogP contribution in [0.25, 0.3) is 0 Å². The number of benzene rings is 2. The second-order valence-electron chi connectivity index (χ2n) is 7.07. The Hall–Kier alpha value is -3.03. The molecule has 2 aromatic carbocycles.